The van der Waals surface area contributed by atoms with Gasteiger partial charge in [0.05, 0.1) is 23.2 Å². The van der Waals surface area contributed by atoms with E-state index in [1.807, 2.05) is 29.6 Å². The van der Waals surface area contributed by atoms with Gasteiger partial charge >= 0.3 is 10.3 Å². The summed E-state index contributed by atoms with van der Waals surface area (Å²) < 4.78 is 27.6. The Morgan fingerprint density at radius 2 is 2.11 bits per heavy atom. The molecule has 12 heteroatoms. The lowest BCUT2D eigenvalue weighted by molar-refractivity contribution is 0.0839. The highest BCUT2D eigenvalue weighted by Crippen LogP contribution is 2.29. The Kier molecular flexibility index (Phi) is 9.27. The van der Waals surface area contributed by atoms with E-state index in [-0.39, 0.29) is 30.3 Å². The van der Waals surface area contributed by atoms with E-state index < -0.39 is 22.3 Å². The lowest BCUT2D eigenvalue weighted by atomic mass is 10.0. The molecule has 4 N–H and O–H groups in total. The number of anilines is 1. The zero-order valence-electron chi connectivity index (χ0n) is 18.8. The van der Waals surface area contributed by atoms with Crippen LogP contribution in [0, 0.1) is 5.92 Å². The molecule has 2 atom stereocenters. The lowest BCUT2D eigenvalue weighted by Crippen LogP contribution is -2.33. The van der Waals surface area contributed by atoms with Crippen molar-refractivity contribution in [2.75, 3.05) is 18.5 Å². The van der Waals surface area contributed by atoms with Gasteiger partial charge in [-0.1, -0.05) is 41.6 Å². The summed E-state index contributed by atoms with van der Waals surface area (Å²) in [6, 6.07) is 9.52. The van der Waals surface area contributed by atoms with Crippen molar-refractivity contribution in [2.24, 2.45) is 11.1 Å². The molecule has 2 aromatic heterocycles. The van der Waals surface area contributed by atoms with E-state index in [4.69, 9.17) is 5.14 Å². The van der Waals surface area contributed by atoms with Gasteiger partial charge in [0, 0.05) is 23.1 Å². The van der Waals surface area contributed by atoms with Gasteiger partial charge in [0.25, 0.3) is 0 Å². The van der Waals surface area contributed by atoms with E-state index in [2.05, 4.69) is 42.0 Å². The molecule has 186 valence electrons. The van der Waals surface area contributed by atoms with Gasteiger partial charge in [-0.3, -0.25) is 8.98 Å². The quantitative estimate of drug-likeness (QED) is 0.275. The number of benzene rings is 1. The zero-order chi connectivity index (χ0) is 25.6. The van der Waals surface area contributed by atoms with Crippen LogP contribution >= 0.6 is 27.3 Å². The third-order valence-corrected chi connectivity index (χ3v) is 7.18. The molecule has 2 heterocycles. The highest BCUT2D eigenvalue weighted by Gasteiger charge is 2.22. The largest absolute Gasteiger partial charge is 0.391 e. The average Bonchev–Trinajstić information content (AvgIpc) is 3.32. The second-order valence-electron chi connectivity index (χ2n) is 7.70. The molecule has 3 aromatic rings. The topological polar surface area (TPSA) is 144 Å². The smallest absolute Gasteiger partial charge is 0.333 e. The molecule has 0 unspecified atom stereocenters. The highest BCUT2D eigenvalue weighted by molar-refractivity contribution is 9.10. The number of carbonyl (C=O) groups is 1. The minimum absolute atomic E-state index is 0.0131. The van der Waals surface area contributed by atoms with Crippen molar-refractivity contribution in [2.45, 2.75) is 19.4 Å². The number of aliphatic hydroxyl groups excluding tert-OH is 1. The van der Waals surface area contributed by atoms with Gasteiger partial charge < -0.3 is 10.4 Å². The molecular formula is C23H25BrN4O5S2. The van der Waals surface area contributed by atoms with Crippen molar-refractivity contribution in [1.29, 1.82) is 0 Å². The van der Waals surface area contributed by atoms with Crippen molar-refractivity contribution in [3.05, 3.63) is 80.9 Å². The van der Waals surface area contributed by atoms with Crippen LogP contribution < -0.4 is 10.5 Å². The van der Waals surface area contributed by atoms with E-state index in [9.17, 15) is 18.3 Å². The van der Waals surface area contributed by atoms with E-state index in [0.29, 0.717) is 11.3 Å². The van der Waals surface area contributed by atoms with Crippen LogP contribution in [0.15, 0.2) is 59.3 Å². The minimum Gasteiger partial charge on any atom is -0.391 e. The second kappa shape index (κ2) is 12.0. The van der Waals surface area contributed by atoms with Crippen LogP contribution in [0.3, 0.4) is 0 Å². The second-order valence-corrected chi connectivity index (χ2v) is 10.7. The maximum absolute atomic E-state index is 13.2. The Hall–Kier alpha value is -2.48. The number of hydrogen-bond donors (Lipinski definition) is 3. The summed E-state index contributed by atoms with van der Waals surface area (Å²) in [7, 11) is -4.11. The predicted molar refractivity (Wildman–Crippen MR) is 139 cm³/mol. The van der Waals surface area contributed by atoms with E-state index >= 15 is 0 Å². The number of nitrogens with one attached hydrogen (secondary N) is 1. The maximum Gasteiger partial charge on any atom is 0.333 e. The molecule has 0 aliphatic heterocycles. The van der Waals surface area contributed by atoms with Crippen molar-refractivity contribution in [3.63, 3.8) is 0 Å². The number of hydrogen-bond acceptors (Lipinski definition) is 9. The summed E-state index contributed by atoms with van der Waals surface area (Å²) >= 11 is 4.74. The van der Waals surface area contributed by atoms with E-state index in [0.717, 1.165) is 21.2 Å². The summed E-state index contributed by atoms with van der Waals surface area (Å²) in [6.07, 6.45) is 2.19. The standard InChI is InChI=1S/C23H25BrN4O5S2/c1-3-15(11-33-35(25,31)32)20(29)10-27-23-19(9-26-13-28-23)22(30)21-8-17(12-34-21)14(2)16-5-4-6-18(24)7-16/h4-9,12-13,15,20,29H,2-3,10-11H2,1H3,(H2,25,31,32)(H,26,27,28)/t15-,20+/m1/s1. The Balaban J connectivity index is 1.72. The van der Waals surface area contributed by atoms with Crippen molar-refractivity contribution in [3.8, 4) is 0 Å². The molecule has 0 aliphatic rings. The van der Waals surface area contributed by atoms with Crippen LogP contribution in [0.4, 0.5) is 5.82 Å². The van der Waals surface area contributed by atoms with Crippen molar-refractivity contribution >= 4 is 54.7 Å². The van der Waals surface area contributed by atoms with Gasteiger partial charge in [-0.15, -0.1) is 11.3 Å². The number of aliphatic hydroxyl groups is 1. The summed E-state index contributed by atoms with van der Waals surface area (Å²) in [6.45, 7) is 5.70. The van der Waals surface area contributed by atoms with Crippen LogP contribution in [0.5, 0.6) is 0 Å². The minimum atomic E-state index is -4.11. The van der Waals surface area contributed by atoms with Crippen LogP contribution in [0.2, 0.25) is 0 Å². The summed E-state index contributed by atoms with van der Waals surface area (Å²) in [5, 5.41) is 20.2. The molecular weight excluding hydrogens is 556 g/mol. The normalized spacial score (nSPS) is 13.3. The first-order valence-corrected chi connectivity index (χ1v) is 13.7. The van der Waals surface area contributed by atoms with Crippen LogP contribution in [0.25, 0.3) is 5.57 Å². The summed E-state index contributed by atoms with van der Waals surface area (Å²) in [5.74, 6) is -0.511. The molecule has 0 saturated carbocycles. The molecule has 0 radical (unpaired) electrons. The number of nitrogens with two attached hydrogens (primary N) is 1. The lowest BCUT2D eigenvalue weighted by Gasteiger charge is -2.21. The van der Waals surface area contributed by atoms with Crippen LogP contribution in [0.1, 0.15) is 39.7 Å². The number of halogens is 1. The molecule has 0 amide bonds. The number of nitrogens with zero attached hydrogens (tertiary/aromatic N) is 2. The third kappa shape index (κ3) is 7.50. The average molecular weight is 582 g/mol. The molecule has 3 rings (SSSR count). The van der Waals surface area contributed by atoms with Gasteiger partial charge in [-0.2, -0.15) is 8.42 Å². The Morgan fingerprint density at radius 1 is 1.34 bits per heavy atom. The molecule has 0 bridgehead atoms. The third-order valence-electron chi connectivity index (χ3n) is 5.30. The molecule has 1 aromatic carbocycles. The van der Waals surface area contributed by atoms with Gasteiger partial charge in [0.15, 0.2) is 0 Å². The SMILES string of the molecule is C=C(c1cccc(Br)c1)c1csc(C(=O)c2cncnc2NC[C@H](O)[C@H](CC)COS(N)(=O)=O)c1. The fourth-order valence-electron chi connectivity index (χ4n) is 3.28. The van der Waals surface area contributed by atoms with Gasteiger partial charge in [0.2, 0.25) is 5.78 Å². The first kappa shape index (κ1) is 27.1. The Labute approximate surface area is 216 Å². The zero-order valence-corrected chi connectivity index (χ0v) is 22.1. The first-order chi connectivity index (χ1) is 16.6. The monoisotopic (exact) mass is 580 g/mol. The molecule has 0 fully saturated rings. The number of rotatable bonds is 12. The molecule has 0 saturated heterocycles. The molecule has 35 heavy (non-hydrogen) atoms. The number of carbonyl (C=O) groups excluding carboxylic acids is 1. The van der Waals surface area contributed by atoms with E-state index in [1.54, 1.807) is 13.0 Å². The Morgan fingerprint density at radius 3 is 2.80 bits per heavy atom. The highest BCUT2D eigenvalue weighted by atomic mass is 79.9. The fourth-order valence-corrected chi connectivity index (χ4v) is 4.92. The fraction of sp³-hybridized carbons (Fsp3) is 0.261. The van der Waals surface area contributed by atoms with Crippen molar-refractivity contribution in [1.82, 2.24) is 9.97 Å². The maximum atomic E-state index is 13.2. The molecule has 9 nitrogen and oxygen atoms in total. The summed E-state index contributed by atoms with van der Waals surface area (Å²) in [4.78, 5) is 21.8. The first-order valence-electron chi connectivity index (χ1n) is 10.6. The van der Waals surface area contributed by atoms with Gasteiger partial charge in [-0.25, -0.2) is 15.1 Å². The van der Waals surface area contributed by atoms with Gasteiger partial charge in [0.1, 0.15) is 12.1 Å². The summed E-state index contributed by atoms with van der Waals surface area (Å²) in [5.41, 5.74) is 2.81. The molecule has 0 aliphatic carbocycles. The van der Waals surface area contributed by atoms with Crippen molar-refractivity contribution < 1.29 is 22.5 Å². The Bertz CT molecular complexity index is 1310. The predicted octanol–water partition coefficient (Wildman–Crippen LogP) is 3.61. The van der Waals surface area contributed by atoms with Crippen LogP contribution in [-0.4, -0.2) is 48.5 Å². The number of aromatic nitrogens is 2. The molecule has 0 spiro atoms. The number of thiophene rings is 1. The van der Waals surface area contributed by atoms with Gasteiger partial charge in [-0.05, 0) is 46.7 Å². The van der Waals surface area contributed by atoms with Crippen LogP contribution in [-0.2, 0) is 14.5 Å². The number of ketones is 1. The van der Waals surface area contributed by atoms with E-state index in [1.165, 1.54) is 23.9 Å².